The van der Waals surface area contributed by atoms with Gasteiger partial charge in [-0.1, -0.05) is 0 Å². The summed E-state index contributed by atoms with van der Waals surface area (Å²) in [6.45, 7) is 0.428. The maximum absolute atomic E-state index is 12.8. The number of nitrogens with zero attached hydrogens (tertiary/aromatic N) is 4. The van der Waals surface area contributed by atoms with Crippen LogP contribution in [0.5, 0.6) is 11.5 Å². The maximum atomic E-state index is 12.8. The number of aromatic nitrogens is 4. The normalized spacial score (nSPS) is 11.0. The molecule has 28 heavy (non-hydrogen) atoms. The Morgan fingerprint density at radius 1 is 1.07 bits per heavy atom. The average molecular weight is 389 g/mol. The van der Waals surface area contributed by atoms with Crippen LogP contribution in [-0.2, 0) is 20.6 Å². The minimum absolute atomic E-state index is 0.104. The Labute approximate surface area is 160 Å². The van der Waals surface area contributed by atoms with Gasteiger partial charge in [-0.2, -0.15) is 4.98 Å². The van der Waals surface area contributed by atoms with Crippen molar-refractivity contribution >= 4 is 17.1 Å². The number of ether oxygens (including phenoxy) is 2. The first-order chi connectivity index (χ1) is 13.4. The summed E-state index contributed by atoms with van der Waals surface area (Å²) in [4.78, 5) is 29.5. The first-order valence-electron chi connectivity index (χ1n) is 8.64. The third-order valence-corrected chi connectivity index (χ3v) is 4.49. The summed E-state index contributed by atoms with van der Waals surface area (Å²) in [5, 5.41) is 12.2. The van der Waals surface area contributed by atoms with Gasteiger partial charge in [0.2, 0.25) is 5.95 Å². The lowest BCUT2D eigenvalue weighted by Gasteiger charge is -2.12. The van der Waals surface area contributed by atoms with Crippen LogP contribution in [0.1, 0.15) is 5.56 Å². The number of anilines is 1. The number of hydrogen-bond acceptors (Lipinski definition) is 7. The van der Waals surface area contributed by atoms with E-state index in [9.17, 15) is 9.59 Å². The lowest BCUT2D eigenvalue weighted by Crippen LogP contribution is -2.37. The molecule has 0 aliphatic rings. The molecule has 3 aromatic rings. The van der Waals surface area contributed by atoms with Crippen LogP contribution in [0.4, 0.5) is 5.95 Å². The molecule has 2 aromatic heterocycles. The number of benzene rings is 1. The van der Waals surface area contributed by atoms with Gasteiger partial charge < -0.3 is 19.9 Å². The van der Waals surface area contributed by atoms with Crippen molar-refractivity contribution in [2.75, 3.05) is 32.7 Å². The van der Waals surface area contributed by atoms with Crippen molar-refractivity contribution in [1.29, 1.82) is 0 Å². The second-order valence-electron chi connectivity index (χ2n) is 6.27. The number of methoxy groups -OCH3 is 2. The molecule has 0 aliphatic carbocycles. The first-order valence-corrected chi connectivity index (χ1v) is 8.64. The summed E-state index contributed by atoms with van der Waals surface area (Å²) in [5.41, 5.74) is 0.463. The number of aryl methyl sites for hydroxylation is 1. The molecule has 0 amide bonds. The third kappa shape index (κ3) is 3.33. The van der Waals surface area contributed by atoms with Crippen molar-refractivity contribution in [2.24, 2.45) is 14.1 Å². The number of hydrogen-bond donors (Lipinski definition) is 2. The molecule has 0 atom stereocenters. The van der Waals surface area contributed by atoms with Crippen LogP contribution in [0.15, 0.2) is 27.8 Å². The van der Waals surface area contributed by atoms with E-state index < -0.39 is 11.2 Å². The minimum Gasteiger partial charge on any atom is -0.497 e. The van der Waals surface area contributed by atoms with Crippen LogP contribution < -0.4 is 26.0 Å². The van der Waals surface area contributed by atoms with Gasteiger partial charge in [-0.15, -0.1) is 0 Å². The lowest BCUT2D eigenvalue weighted by molar-refractivity contribution is 0.310. The molecule has 0 spiro atoms. The Morgan fingerprint density at radius 2 is 1.71 bits per heavy atom. The topological polar surface area (TPSA) is 113 Å². The van der Waals surface area contributed by atoms with Gasteiger partial charge in [0, 0.05) is 26.7 Å². The molecule has 0 saturated heterocycles. The molecule has 150 valence electrons. The highest BCUT2D eigenvalue weighted by molar-refractivity contribution is 5.74. The molecule has 0 unspecified atom stereocenters. The standard InChI is InChI=1S/C18H23N5O5/c1-21-15-14(16(25)22(2)18(21)26)23(17(20-15)19-5-6-24)10-11-7-12(27-3)9-13(8-11)28-4/h7-9,24H,5-6,10H2,1-4H3,(H,19,20). The van der Waals surface area contributed by atoms with Crippen molar-refractivity contribution in [3.8, 4) is 11.5 Å². The quantitative estimate of drug-likeness (QED) is 0.580. The highest BCUT2D eigenvalue weighted by atomic mass is 16.5. The van der Waals surface area contributed by atoms with E-state index in [4.69, 9.17) is 14.6 Å². The van der Waals surface area contributed by atoms with Gasteiger partial charge in [-0.3, -0.25) is 18.5 Å². The molecule has 10 nitrogen and oxygen atoms in total. The Kier molecular flexibility index (Phi) is 5.41. The Bertz CT molecular complexity index is 1110. The van der Waals surface area contributed by atoms with E-state index in [2.05, 4.69) is 10.3 Å². The second-order valence-corrected chi connectivity index (χ2v) is 6.27. The molecule has 0 bridgehead atoms. The summed E-state index contributed by atoms with van der Waals surface area (Å²) in [5.74, 6) is 1.61. The summed E-state index contributed by atoms with van der Waals surface area (Å²) in [6.07, 6.45) is 0. The minimum atomic E-state index is -0.459. The molecule has 0 aliphatic heterocycles. The molecule has 2 N–H and O–H groups in total. The number of nitrogens with one attached hydrogen (secondary N) is 1. The van der Waals surface area contributed by atoms with Crippen molar-refractivity contribution in [3.63, 3.8) is 0 Å². The predicted octanol–water partition coefficient (Wildman–Crippen LogP) is -0.0966. The Hall–Kier alpha value is -3.27. The molecule has 0 saturated carbocycles. The van der Waals surface area contributed by atoms with Crippen molar-refractivity contribution in [3.05, 3.63) is 44.6 Å². The Morgan fingerprint density at radius 3 is 2.29 bits per heavy atom. The number of aliphatic hydroxyl groups excluding tert-OH is 1. The third-order valence-electron chi connectivity index (χ3n) is 4.49. The zero-order valence-corrected chi connectivity index (χ0v) is 16.2. The van der Waals surface area contributed by atoms with E-state index in [0.29, 0.717) is 17.4 Å². The largest absolute Gasteiger partial charge is 0.497 e. The molecular weight excluding hydrogens is 366 g/mol. The second kappa shape index (κ2) is 7.77. The van der Waals surface area contributed by atoms with Gasteiger partial charge in [0.05, 0.1) is 27.4 Å². The predicted molar refractivity (Wildman–Crippen MR) is 104 cm³/mol. The first kappa shape index (κ1) is 19.5. The van der Waals surface area contributed by atoms with Crippen molar-refractivity contribution < 1.29 is 14.6 Å². The summed E-state index contributed by atoms with van der Waals surface area (Å²) in [6, 6.07) is 5.41. The molecule has 1 aromatic carbocycles. The molecule has 10 heteroatoms. The van der Waals surface area contributed by atoms with Crippen LogP contribution >= 0.6 is 0 Å². The molecule has 2 heterocycles. The van der Waals surface area contributed by atoms with Crippen LogP contribution in [0.25, 0.3) is 11.2 Å². The van der Waals surface area contributed by atoms with Gasteiger partial charge in [0.15, 0.2) is 11.2 Å². The van der Waals surface area contributed by atoms with Crippen molar-refractivity contribution in [1.82, 2.24) is 18.7 Å². The molecular formula is C18H23N5O5. The number of rotatable bonds is 7. The van der Waals surface area contributed by atoms with Crippen LogP contribution in [0.3, 0.4) is 0 Å². The zero-order valence-electron chi connectivity index (χ0n) is 16.2. The monoisotopic (exact) mass is 389 g/mol. The highest BCUT2D eigenvalue weighted by Crippen LogP contribution is 2.25. The highest BCUT2D eigenvalue weighted by Gasteiger charge is 2.19. The van der Waals surface area contributed by atoms with Gasteiger partial charge >= 0.3 is 5.69 Å². The van der Waals surface area contributed by atoms with Gasteiger partial charge in [-0.25, -0.2) is 4.79 Å². The van der Waals surface area contributed by atoms with Crippen LogP contribution in [-0.4, -0.2) is 51.2 Å². The zero-order chi connectivity index (χ0) is 20.4. The fraction of sp³-hybridized carbons (Fsp3) is 0.389. The van der Waals surface area contributed by atoms with Crippen LogP contribution in [0.2, 0.25) is 0 Å². The number of aliphatic hydroxyl groups is 1. The lowest BCUT2D eigenvalue weighted by atomic mass is 10.2. The summed E-state index contributed by atoms with van der Waals surface area (Å²) < 4.78 is 14.7. The number of imidazole rings is 1. The van der Waals surface area contributed by atoms with Gasteiger partial charge in [0.25, 0.3) is 5.56 Å². The van der Waals surface area contributed by atoms with E-state index in [1.165, 1.54) is 11.6 Å². The van der Waals surface area contributed by atoms with Gasteiger partial charge in [0.1, 0.15) is 11.5 Å². The van der Waals surface area contributed by atoms with Crippen LogP contribution in [0, 0.1) is 0 Å². The molecule has 0 radical (unpaired) electrons. The SMILES string of the molecule is COc1cc(Cn2c(NCCO)nc3c2c(=O)n(C)c(=O)n3C)cc(OC)c1. The van der Waals surface area contributed by atoms with Crippen molar-refractivity contribution in [2.45, 2.75) is 6.54 Å². The Balaban J connectivity index is 2.24. The fourth-order valence-electron chi connectivity index (χ4n) is 3.04. The molecule has 3 rings (SSSR count). The van der Waals surface area contributed by atoms with E-state index in [0.717, 1.165) is 10.1 Å². The average Bonchev–Trinajstić information content (AvgIpc) is 3.06. The smallest absolute Gasteiger partial charge is 0.332 e. The van der Waals surface area contributed by atoms with E-state index in [-0.39, 0.29) is 30.9 Å². The van der Waals surface area contributed by atoms with Gasteiger partial charge in [-0.05, 0) is 17.7 Å². The van der Waals surface area contributed by atoms with E-state index in [1.807, 2.05) is 12.1 Å². The van der Waals surface area contributed by atoms with E-state index >= 15 is 0 Å². The summed E-state index contributed by atoms with van der Waals surface area (Å²) in [7, 11) is 6.11. The maximum Gasteiger partial charge on any atom is 0.332 e. The summed E-state index contributed by atoms with van der Waals surface area (Å²) >= 11 is 0. The van der Waals surface area contributed by atoms with E-state index in [1.54, 1.807) is 31.9 Å². The molecule has 0 fully saturated rings. The number of fused-ring (bicyclic) bond motifs is 1. The fourth-order valence-corrected chi connectivity index (χ4v) is 3.04.